The number of ether oxygens (including phenoxy) is 1. The van der Waals surface area contributed by atoms with Crippen molar-refractivity contribution >= 4 is 22.7 Å². The number of aromatic carboxylic acids is 1. The van der Waals surface area contributed by atoms with Crippen molar-refractivity contribution in [2.75, 3.05) is 6.61 Å². The van der Waals surface area contributed by atoms with Crippen LogP contribution in [-0.4, -0.2) is 28.8 Å². The molecule has 0 saturated carbocycles. The normalized spacial score (nSPS) is 11.3. The highest BCUT2D eigenvalue weighted by Gasteiger charge is 2.29. The number of carboxylic acid groups (broad SMARTS) is 2. The highest BCUT2D eigenvalue weighted by molar-refractivity contribution is 6.06. The summed E-state index contributed by atoms with van der Waals surface area (Å²) in [7, 11) is 0. The Morgan fingerprint density at radius 1 is 1.10 bits per heavy atom. The number of benzene rings is 2. The van der Waals surface area contributed by atoms with E-state index in [0.717, 1.165) is 5.39 Å². The van der Waals surface area contributed by atoms with Gasteiger partial charge in [0.15, 0.2) is 0 Å². The summed E-state index contributed by atoms with van der Waals surface area (Å²) in [6, 6.07) is 10.4. The van der Waals surface area contributed by atoms with Gasteiger partial charge < -0.3 is 14.9 Å². The van der Waals surface area contributed by atoms with E-state index in [1.54, 1.807) is 24.3 Å². The molecule has 2 N–H and O–H groups in total. The van der Waals surface area contributed by atoms with E-state index in [-0.39, 0.29) is 17.9 Å². The number of aliphatic carboxylic acids is 1. The molecule has 0 unspecified atom stereocenters. The maximum atomic E-state index is 11.5. The molecule has 0 amide bonds. The summed E-state index contributed by atoms with van der Waals surface area (Å²) in [5, 5.41) is 19.8. The standard InChI is InChI=1S/C16H16O5/c1-16(2,15(19)20)9-21-12-8-7-10-5-3-4-6-11(10)13(12)14(17)18/h3-8H,9H2,1-2H3,(H,17,18)(H,19,20). The molecule has 2 aromatic carbocycles. The molecular formula is C16H16O5. The number of carboxylic acids is 2. The van der Waals surface area contributed by atoms with Crippen LogP contribution < -0.4 is 4.74 Å². The first kappa shape index (κ1) is 14.8. The van der Waals surface area contributed by atoms with E-state index in [4.69, 9.17) is 9.84 Å². The van der Waals surface area contributed by atoms with Crippen LogP contribution in [0.3, 0.4) is 0 Å². The van der Waals surface area contributed by atoms with Crippen LogP contribution in [0.4, 0.5) is 0 Å². The Hall–Kier alpha value is -2.56. The summed E-state index contributed by atoms with van der Waals surface area (Å²) in [6.45, 7) is 2.94. The van der Waals surface area contributed by atoms with E-state index in [2.05, 4.69) is 0 Å². The van der Waals surface area contributed by atoms with Crippen LogP contribution in [0.25, 0.3) is 10.8 Å². The average molecular weight is 288 g/mol. The number of fused-ring (bicyclic) bond motifs is 1. The van der Waals surface area contributed by atoms with E-state index >= 15 is 0 Å². The molecule has 0 fully saturated rings. The Kier molecular flexibility index (Phi) is 3.84. The molecule has 2 aromatic rings. The van der Waals surface area contributed by atoms with Gasteiger partial charge in [-0.15, -0.1) is 0 Å². The number of hydrogen-bond acceptors (Lipinski definition) is 3. The molecule has 0 saturated heterocycles. The second kappa shape index (κ2) is 5.44. The van der Waals surface area contributed by atoms with Crippen LogP contribution >= 0.6 is 0 Å². The highest BCUT2D eigenvalue weighted by Crippen LogP contribution is 2.29. The van der Waals surface area contributed by atoms with Crippen LogP contribution in [0.15, 0.2) is 36.4 Å². The molecule has 0 aliphatic heterocycles. The maximum absolute atomic E-state index is 11.5. The molecule has 0 aliphatic rings. The molecule has 21 heavy (non-hydrogen) atoms. The Morgan fingerprint density at radius 2 is 1.76 bits per heavy atom. The molecule has 0 aromatic heterocycles. The monoisotopic (exact) mass is 288 g/mol. The fourth-order valence-electron chi connectivity index (χ4n) is 1.91. The van der Waals surface area contributed by atoms with E-state index in [1.807, 2.05) is 12.1 Å². The molecule has 0 atom stereocenters. The summed E-state index contributed by atoms with van der Waals surface area (Å²) in [6.07, 6.45) is 0. The number of hydrogen-bond donors (Lipinski definition) is 2. The van der Waals surface area contributed by atoms with Crippen molar-refractivity contribution in [3.8, 4) is 5.75 Å². The van der Waals surface area contributed by atoms with E-state index < -0.39 is 17.4 Å². The summed E-state index contributed by atoms with van der Waals surface area (Å²) in [5.74, 6) is -1.93. The van der Waals surface area contributed by atoms with Crippen LogP contribution in [0, 0.1) is 5.41 Å². The minimum atomic E-state index is -1.10. The topological polar surface area (TPSA) is 83.8 Å². The Balaban J connectivity index is 2.42. The number of rotatable bonds is 5. The van der Waals surface area contributed by atoms with Gasteiger partial charge in [0, 0.05) is 0 Å². The fourth-order valence-corrected chi connectivity index (χ4v) is 1.91. The van der Waals surface area contributed by atoms with Crippen molar-refractivity contribution in [1.82, 2.24) is 0 Å². The van der Waals surface area contributed by atoms with Crippen molar-refractivity contribution in [2.45, 2.75) is 13.8 Å². The zero-order valence-electron chi connectivity index (χ0n) is 11.8. The maximum Gasteiger partial charge on any atom is 0.340 e. The third kappa shape index (κ3) is 2.97. The first-order valence-electron chi connectivity index (χ1n) is 6.44. The van der Waals surface area contributed by atoms with E-state index in [9.17, 15) is 14.7 Å². The molecule has 5 nitrogen and oxygen atoms in total. The van der Waals surface area contributed by atoms with E-state index in [1.165, 1.54) is 13.8 Å². The molecule has 0 heterocycles. The van der Waals surface area contributed by atoms with Crippen LogP contribution in [-0.2, 0) is 4.79 Å². The van der Waals surface area contributed by atoms with Crippen molar-refractivity contribution in [3.05, 3.63) is 42.0 Å². The second-order valence-electron chi connectivity index (χ2n) is 5.44. The third-order valence-electron chi connectivity index (χ3n) is 3.27. The summed E-state index contributed by atoms with van der Waals surface area (Å²) >= 11 is 0. The first-order chi connectivity index (χ1) is 9.83. The fraction of sp³-hybridized carbons (Fsp3) is 0.250. The Bertz CT molecular complexity index is 703. The van der Waals surface area contributed by atoms with Gasteiger partial charge in [0.25, 0.3) is 0 Å². The minimum Gasteiger partial charge on any atom is -0.491 e. The lowest BCUT2D eigenvalue weighted by atomic mass is 9.95. The van der Waals surface area contributed by atoms with Crippen molar-refractivity contribution in [1.29, 1.82) is 0 Å². The van der Waals surface area contributed by atoms with Gasteiger partial charge in [-0.3, -0.25) is 4.79 Å². The largest absolute Gasteiger partial charge is 0.491 e. The van der Waals surface area contributed by atoms with Crippen molar-refractivity contribution in [3.63, 3.8) is 0 Å². The zero-order chi connectivity index (χ0) is 15.6. The van der Waals surface area contributed by atoms with Crippen molar-refractivity contribution < 1.29 is 24.5 Å². The van der Waals surface area contributed by atoms with Gasteiger partial charge in [-0.1, -0.05) is 30.3 Å². The van der Waals surface area contributed by atoms with Gasteiger partial charge in [0.1, 0.15) is 17.9 Å². The lowest BCUT2D eigenvalue weighted by Crippen LogP contribution is -2.31. The van der Waals surface area contributed by atoms with Gasteiger partial charge in [0.2, 0.25) is 0 Å². The Morgan fingerprint density at radius 3 is 2.38 bits per heavy atom. The predicted octanol–water partition coefficient (Wildman–Crippen LogP) is 3.03. The third-order valence-corrected chi connectivity index (χ3v) is 3.27. The van der Waals surface area contributed by atoms with Gasteiger partial charge >= 0.3 is 11.9 Å². The number of carbonyl (C=O) groups is 2. The first-order valence-corrected chi connectivity index (χ1v) is 6.44. The smallest absolute Gasteiger partial charge is 0.340 e. The zero-order valence-corrected chi connectivity index (χ0v) is 11.8. The highest BCUT2D eigenvalue weighted by atomic mass is 16.5. The van der Waals surface area contributed by atoms with Gasteiger partial charge in [0.05, 0.1) is 5.41 Å². The summed E-state index contributed by atoms with van der Waals surface area (Å²) in [4.78, 5) is 22.6. The van der Waals surface area contributed by atoms with Crippen LogP contribution in [0.2, 0.25) is 0 Å². The molecule has 0 aliphatic carbocycles. The van der Waals surface area contributed by atoms with Crippen LogP contribution in [0.5, 0.6) is 5.75 Å². The second-order valence-corrected chi connectivity index (χ2v) is 5.44. The predicted molar refractivity (Wildman–Crippen MR) is 77.8 cm³/mol. The molecule has 0 radical (unpaired) electrons. The lowest BCUT2D eigenvalue weighted by molar-refractivity contribution is -0.148. The molecule has 5 heteroatoms. The molecule has 2 rings (SSSR count). The minimum absolute atomic E-state index is 0.0503. The van der Waals surface area contributed by atoms with Gasteiger partial charge in [-0.25, -0.2) is 4.79 Å². The van der Waals surface area contributed by atoms with Crippen LogP contribution in [0.1, 0.15) is 24.2 Å². The summed E-state index contributed by atoms with van der Waals surface area (Å²) < 4.78 is 5.47. The molecule has 110 valence electrons. The Labute approximate surface area is 121 Å². The molecular weight excluding hydrogens is 272 g/mol. The van der Waals surface area contributed by atoms with Gasteiger partial charge in [-0.2, -0.15) is 0 Å². The van der Waals surface area contributed by atoms with Crippen molar-refractivity contribution in [2.24, 2.45) is 5.41 Å². The van der Waals surface area contributed by atoms with Gasteiger partial charge in [-0.05, 0) is 30.7 Å². The SMILES string of the molecule is CC(C)(COc1ccc2ccccc2c1C(=O)O)C(=O)O. The molecule has 0 bridgehead atoms. The lowest BCUT2D eigenvalue weighted by Gasteiger charge is -2.20. The quantitative estimate of drug-likeness (QED) is 0.883. The molecule has 0 spiro atoms. The summed E-state index contributed by atoms with van der Waals surface area (Å²) in [5.41, 5.74) is -1.05. The average Bonchev–Trinajstić information content (AvgIpc) is 2.43. The van der Waals surface area contributed by atoms with E-state index in [0.29, 0.717) is 5.39 Å².